The van der Waals surface area contributed by atoms with Gasteiger partial charge < -0.3 is 14.8 Å². The molecule has 2 aromatic heterocycles. The number of hydrogen-bond donors (Lipinski definition) is 1. The zero-order chi connectivity index (χ0) is 20.8. The molecule has 0 aliphatic carbocycles. The fraction of sp³-hybridized carbons (Fsp3) is 0.364. The minimum atomic E-state index is 0. The van der Waals surface area contributed by atoms with Crippen molar-refractivity contribution >= 4 is 41.5 Å². The van der Waals surface area contributed by atoms with Gasteiger partial charge in [-0.1, -0.05) is 29.8 Å². The van der Waals surface area contributed by atoms with Crippen LogP contribution in [0, 0.1) is 6.92 Å². The molecule has 0 saturated heterocycles. The van der Waals surface area contributed by atoms with Crippen molar-refractivity contribution in [3.63, 3.8) is 0 Å². The summed E-state index contributed by atoms with van der Waals surface area (Å²) in [6.45, 7) is 3.66. The molecule has 1 N–H and O–H groups in total. The molecule has 6 nitrogen and oxygen atoms in total. The molecule has 0 aliphatic rings. The third kappa shape index (κ3) is 6.25. The van der Waals surface area contributed by atoms with Crippen LogP contribution in [0.15, 0.2) is 53.8 Å². The van der Waals surface area contributed by atoms with E-state index < -0.39 is 0 Å². The largest absolute Gasteiger partial charge is 0.356 e. The van der Waals surface area contributed by atoms with Gasteiger partial charge >= 0.3 is 0 Å². The Morgan fingerprint density at radius 3 is 2.60 bits per heavy atom. The van der Waals surface area contributed by atoms with Crippen LogP contribution in [-0.4, -0.2) is 45.8 Å². The number of rotatable bonds is 7. The first-order valence-corrected chi connectivity index (χ1v) is 10.2. The van der Waals surface area contributed by atoms with Crippen molar-refractivity contribution < 1.29 is 0 Å². The highest BCUT2D eigenvalue weighted by atomic mass is 127. The Hall–Kier alpha value is -2.00. The molecule has 0 radical (unpaired) electrons. The fourth-order valence-electron chi connectivity index (χ4n) is 3.36. The highest BCUT2D eigenvalue weighted by Gasteiger charge is 2.10. The van der Waals surface area contributed by atoms with Crippen LogP contribution in [0.3, 0.4) is 0 Å². The predicted octanol–water partition coefficient (Wildman–Crippen LogP) is 4.43. The highest BCUT2D eigenvalue weighted by Crippen LogP contribution is 2.15. The topological polar surface area (TPSA) is 50.4 Å². The maximum absolute atomic E-state index is 6.08. The monoisotopic (exact) mass is 540 g/mol. The van der Waals surface area contributed by atoms with Gasteiger partial charge in [0.15, 0.2) is 5.96 Å². The van der Waals surface area contributed by atoms with Crippen molar-refractivity contribution in [2.45, 2.75) is 26.3 Å². The van der Waals surface area contributed by atoms with Gasteiger partial charge in [0.25, 0.3) is 0 Å². The van der Waals surface area contributed by atoms with Gasteiger partial charge in [0.05, 0.1) is 22.9 Å². The van der Waals surface area contributed by atoms with E-state index in [2.05, 4.69) is 45.6 Å². The van der Waals surface area contributed by atoms with Crippen LogP contribution in [-0.2, 0) is 20.0 Å². The summed E-state index contributed by atoms with van der Waals surface area (Å²) in [6, 6.07) is 12.2. The van der Waals surface area contributed by atoms with Crippen molar-refractivity contribution in [2.24, 2.45) is 12.0 Å². The summed E-state index contributed by atoms with van der Waals surface area (Å²) < 4.78 is 4.00. The van der Waals surface area contributed by atoms with Gasteiger partial charge in [-0.3, -0.25) is 4.99 Å². The summed E-state index contributed by atoms with van der Waals surface area (Å²) in [7, 11) is 5.85. The number of hydrogen-bond acceptors (Lipinski definition) is 2. The number of guanidine groups is 1. The lowest BCUT2D eigenvalue weighted by molar-refractivity contribution is 0.461. The van der Waals surface area contributed by atoms with Gasteiger partial charge in [-0.2, -0.15) is 5.10 Å². The number of nitrogens with one attached hydrogen (secondary N) is 1. The van der Waals surface area contributed by atoms with Crippen molar-refractivity contribution in [1.29, 1.82) is 0 Å². The fourth-order valence-corrected chi connectivity index (χ4v) is 3.63. The van der Waals surface area contributed by atoms with E-state index in [9.17, 15) is 0 Å². The second kappa shape index (κ2) is 11.4. The van der Waals surface area contributed by atoms with Crippen LogP contribution in [0.1, 0.15) is 23.4 Å². The Morgan fingerprint density at radius 2 is 1.97 bits per heavy atom. The predicted molar refractivity (Wildman–Crippen MR) is 135 cm³/mol. The molecule has 0 saturated carbocycles. The average Bonchev–Trinajstić information content (AvgIpc) is 3.23. The summed E-state index contributed by atoms with van der Waals surface area (Å²) in [6.07, 6.45) is 6.02. The lowest BCUT2D eigenvalue weighted by Gasteiger charge is -2.22. The van der Waals surface area contributed by atoms with E-state index in [0.29, 0.717) is 0 Å². The van der Waals surface area contributed by atoms with E-state index in [4.69, 9.17) is 11.6 Å². The summed E-state index contributed by atoms with van der Waals surface area (Å²) in [5, 5.41) is 8.85. The van der Waals surface area contributed by atoms with Crippen molar-refractivity contribution in [2.75, 3.05) is 20.6 Å². The van der Waals surface area contributed by atoms with E-state index in [1.165, 1.54) is 5.56 Å². The molecular weight excluding hydrogens is 511 g/mol. The summed E-state index contributed by atoms with van der Waals surface area (Å²) in [5.41, 5.74) is 4.58. The molecule has 0 aliphatic heterocycles. The van der Waals surface area contributed by atoms with Crippen LogP contribution in [0.2, 0.25) is 5.02 Å². The Balaban J connectivity index is 0.00000320. The summed E-state index contributed by atoms with van der Waals surface area (Å²) >= 11 is 6.08. The summed E-state index contributed by atoms with van der Waals surface area (Å²) in [4.78, 5) is 6.50. The molecule has 2 heterocycles. The van der Waals surface area contributed by atoms with Crippen molar-refractivity contribution in [3.8, 4) is 5.69 Å². The maximum Gasteiger partial charge on any atom is 0.193 e. The van der Waals surface area contributed by atoms with Gasteiger partial charge in [-0.25, -0.2) is 4.68 Å². The normalized spacial score (nSPS) is 11.3. The van der Waals surface area contributed by atoms with E-state index in [0.717, 1.165) is 54.0 Å². The number of benzene rings is 1. The molecule has 8 heteroatoms. The van der Waals surface area contributed by atoms with E-state index >= 15 is 0 Å². The molecule has 0 bridgehead atoms. The van der Waals surface area contributed by atoms with Gasteiger partial charge in [-0.05, 0) is 43.5 Å². The van der Waals surface area contributed by atoms with E-state index in [1.807, 2.05) is 60.9 Å². The minimum Gasteiger partial charge on any atom is -0.356 e. The molecule has 30 heavy (non-hydrogen) atoms. The second-order valence-corrected chi connectivity index (χ2v) is 7.65. The molecule has 162 valence electrons. The molecule has 0 atom stereocenters. The molecule has 1 aromatic carbocycles. The standard InChI is InChI=1S/C22H29ClN6.HI/c1-17-18(14-29(26-17)20-10-6-5-7-11-20)9-8-12-25-22(24-2)28(4)16-21-13-19(23)15-27(21)3;/h5-7,10-11,13-15H,8-9,12,16H2,1-4H3,(H,24,25);1H. The zero-order valence-electron chi connectivity index (χ0n) is 18.0. The lowest BCUT2D eigenvalue weighted by Crippen LogP contribution is -2.39. The van der Waals surface area contributed by atoms with Crippen LogP contribution >= 0.6 is 35.6 Å². The van der Waals surface area contributed by atoms with Crippen LogP contribution in [0.25, 0.3) is 5.69 Å². The maximum atomic E-state index is 6.08. The Kier molecular flexibility index (Phi) is 9.23. The Morgan fingerprint density at radius 1 is 1.23 bits per heavy atom. The number of nitrogens with zero attached hydrogens (tertiary/aromatic N) is 5. The smallest absolute Gasteiger partial charge is 0.193 e. The molecule has 0 spiro atoms. The zero-order valence-corrected chi connectivity index (χ0v) is 21.1. The number of aliphatic imine (C=N–C) groups is 1. The SMILES string of the molecule is CN=C(NCCCc1cn(-c2ccccc2)nc1C)N(C)Cc1cc(Cl)cn1C.I. The van der Waals surface area contributed by atoms with Gasteiger partial charge in [-0.15, -0.1) is 24.0 Å². The van der Waals surface area contributed by atoms with Gasteiger partial charge in [0.1, 0.15) is 0 Å². The third-order valence-electron chi connectivity index (χ3n) is 4.97. The number of aromatic nitrogens is 3. The Bertz CT molecular complexity index is 963. The molecular formula is C22H30ClIN6. The molecule has 0 fully saturated rings. The first kappa shape index (κ1) is 24.3. The van der Waals surface area contributed by atoms with Crippen molar-refractivity contribution in [1.82, 2.24) is 24.6 Å². The van der Waals surface area contributed by atoms with Gasteiger partial charge in [0.2, 0.25) is 0 Å². The van der Waals surface area contributed by atoms with Crippen LogP contribution in [0.5, 0.6) is 0 Å². The average molecular weight is 541 g/mol. The first-order chi connectivity index (χ1) is 14.0. The molecule has 3 rings (SSSR count). The van der Waals surface area contributed by atoms with Crippen LogP contribution < -0.4 is 5.32 Å². The van der Waals surface area contributed by atoms with Gasteiger partial charge in [0, 0.05) is 45.8 Å². The molecule has 3 aromatic rings. The number of para-hydroxylation sites is 1. The third-order valence-corrected chi connectivity index (χ3v) is 5.18. The lowest BCUT2D eigenvalue weighted by atomic mass is 10.1. The highest BCUT2D eigenvalue weighted by molar-refractivity contribution is 14.0. The van der Waals surface area contributed by atoms with Crippen molar-refractivity contribution in [3.05, 3.63) is 70.8 Å². The van der Waals surface area contributed by atoms with E-state index in [-0.39, 0.29) is 24.0 Å². The first-order valence-electron chi connectivity index (χ1n) is 9.81. The molecule has 0 amide bonds. The number of aryl methyl sites for hydroxylation is 3. The van der Waals surface area contributed by atoms with E-state index in [1.54, 1.807) is 0 Å². The summed E-state index contributed by atoms with van der Waals surface area (Å²) in [5.74, 6) is 0.874. The molecule has 0 unspecified atom stereocenters. The quantitative estimate of drug-likeness (QED) is 0.209. The second-order valence-electron chi connectivity index (χ2n) is 7.21. The van der Waals surface area contributed by atoms with Crippen LogP contribution in [0.4, 0.5) is 0 Å². The Labute approximate surface area is 201 Å². The minimum absolute atomic E-state index is 0. The number of halogens is 2.